The third-order valence-corrected chi connectivity index (χ3v) is 0. The first kappa shape index (κ1) is 8.82. The van der Waals surface area contributed by atoms with Crippen LogP contribution in [-0.2, 0) is 21.6 Å². The van der Waals surface area contributed by atoms with Crippen molar-refractivity contribution in [2.75, 3.05) is 0 Å². The van der Waals surface area contributed by atoms with Crippen molar-refractivity contribution in [2.45, 2.75) is 0 Å². The molecule has 0 fully saturated rings. The van der Waals surface area contributed by atoms with Crippen LogP contribution in [0.2, 0.25) is 0 Å². The molecule has 0 aliphatic carbocycles. The smallest absolute Gasteiger partial charge is 0.237 e. The summed E-state index contributed by atoms with van der Waals surface area (Å²) < 4.78 is 4.25. The van der Waals surface area contributed by atoms with Crippen LogP contribution in [0.25, 0.3) is 0 Å². The van der Waals surface area contributed by atoms with Gasteiger partial charge in [0.2, 0.25) is 16.1 Å². The molecule has 0 saturated heterocycles. The second kappa shape index (κ2) is 9.49. The minimum absolute atomic E-state index is 0. The maximum absolute atomic E-state index is 4.25. The summed E-state index contributed by atoms with van der Waals surface area (Å²) in [6.07, 6.45) is 0. The van der Waals surface area contributed by atoms with Crippen molar-refractivity contribution >= 4 is 16.1 Å². The van der Waals surface area contributed by atoms with Crippen LogP contribution in [-0.4, -0.2) is 16.1 Å². The zero-order valence-electron chi connectivity index (χ0n) is 2.71. The summed E-state index contributed by atoms with van der Waals surface area (Å²) in [5, 5.41) is 0. The van der Waals surface area contributed by atoms with Gasteiger partial charge in [0.15, 0.2) is 0 Å². The minimum atomic E-state index is 0. The van der Waals surface area contributed by atoms with Crippen molar-refractivity contribution in [3.8, 4) is 0 Å². The monoisotopic (exact) mass is 105 g/mol. The van der Waals surface area contributed by atoms with Crippen LogP contribution in [0.4, 0.5) is 0 Å². The summed E-state index contributed by atoms with van der Waals surface area (Å²) in [4.78, 5) is 0. The Balaban J connectivity index is 0. The maximum atomic E-state index is 4.25. The summed E-state index contributed by atoms with van der Waals surface area (Å²) >= 11 is 0. The first-order valence-electron chi connectivity index (χ1n) is 0.816. The van der Waals surface area contributed by atoms with Gasteiger partial charge in [-0.1, -0.05) is 0 Å². The Kier molecular flexibility index (Phi) is 20.9. The molecule has 0 spiro atoms. The zero-order chi connectivity index (χ0) is 2.71. The Morgan fingerprint density at radius 1 is 1.25 bits per heavy atom. The average molecular weight is 105 g/mol. The first-order valence-corrected chi connectivity index (χ1v) is 0.816. The summed E-state index contributed by atoms with van der Waals surface area (Å²) in [6, 6.07) is 0. The molecule has 4 heteroatoms. The molecule has 0 unspecified atom stereocenters. The Bertz CT molecular complexity index is 6.00. The predicted octanol–water partition coefficient (Wildman–Crippen LogP) is -1.90. The van der Waals surface area contributed by atoms with Gasteiger partial charge in [-0.05, 0) is 0 Å². The van der Waals surface area contributed by atoms with Gasteiger partial charge in [0.1, 0.15) is 0 Å². The zero-order valence-corrected chi connectivity index (χ0v) is 3.65. The van der Waals surface area contributed by atoms with Crippen molar-refractivity contribution in [3.63, 3.8) is 0 Å². The molecule has 0 amide bonds. The van der Waals surface area contributed by atoms with E-state index in [2.05, 4.69) is 4.57 Å². The van der Waals surface area contributed by atoms with E-state index in [0.717, 1.165) is 0 Å². The van der Waals surface area contributed by atoms with Gasteiger partial charge in [-0.2, -0.15) is 0 Å². The molecular weight excluding hydrogens is 101 g/mol. The normalized spacial score (nSPS) is 4.00. The van der Waals surface area contributed by atoms with Crippen LogP contribution in [0.1, 0.15) is 0 Å². The van der Waals surface area contributed by atoms with Gasteiger partial charge in [-0.3, -0.25) is 0 Å². The van der Waals surface area contributed by atoms with Gasteiger partial charge < -0.3 is 4.57 Å². The molecular formula is H4B2CuO. The van der Waals surface area contributed by atoms with E-state index in [1.807, 2.05) is 0 Å². The van der Waals surface area contributed by atoms with Gasteiger partial charge in [-0.25, -0.2) is 0 Å². The molecule has 4 heavy (non-hydrogen) atoms. The molecule has 0 saturated carbocycles. The van der Waals surface area contributed by atoms with Crippen molar-refractivity contribution in [1.82, 2.24) is 0 Å². The summed E-state index contributed by atoms with van der Waals surface area (Å²) in [7, 11) is 3.25. The number of hydrogen-bond donors (Lipinski definition) is 0. The molecule has 0 aromatic carbocycles. The molecule has 0 atom stereocenters. The molecule has 0 heterocycles. The largest absolute Gasteiger partial charge is 0.509 e. The molecule has 0 rings (SSSR count). The van der Waals surface area contributed by atoms with Gasteiger partial charge in [-0.15, -0.1) is 0 Å². The van der Waals surface area contributed by atoms with Crippen LogP contribution >= 0.6 is 0 Å². The molecule has 0 aliphatic rings. The second-order valence-corrected chi connectivity index (χ2v) is 0.408. The second-order valence-electron chi connectivity index (χ2n) is 0.408. The summed E-state index contributed by atoms with van der Waals surface area (Å²) in [6.45, 7) is 0. The van der Waals surface area contributed by atoms with Crippen molar-refractivity contribution in [3.05, 3.63) is 0 Å². The van der Waals surface area contributed by atoms with E-state index in [-0.39, 0.29) is 17.1 Å². The van der Waals surface area contributed by atoms with Gasteiger partial charge in [0, 0.05) is 17.1 Å². The first-order chi connectivity index (χ1) is 1.41. The van der Waals surface area contributed by atoms with Gasteiger partial charge >= 0.3 is 0 Å². The fourth-order valence-corrected chi connectivity index (χ4v) is 0. The fourth-order valence-electron chi connectivity index (χ4n) is 0. The molecule has 1 nitrogen and oxygen atoms in total. The van der Waals surface area contributed by atoms with E-state index < -0.39 is 0 Å². The van der Waals surface area contributed by atoms with E-state index in [1.165, 1.54) is 0 Å². The third-order valence-electron chi connectivity index (χ3n) is 0. The van der Waals surface area contributed by atoms with E-state index >= 15 is 0 Å². The Hall–Kier alpha value is 0.609. The molecule has 0 aliphatic heterocycles. The number of rotatable bonds is 0. The predicted molar refractivity (Wildman–Crippen MR) is 18.2 cm³/mol. The topological polar surface area (TPSA) is 9.23 Å². The average Bonchev–Trinajstić information content (AvgIpc) is 0.918. The molecule has 1 radical (unpaired) electrons. The van der Waals surface area contributed by atoms with Gasteiger partial charge in [0.05, 0.1) is 0 Å². The van der Waals surface area contributed by atoms with Crippen molar-refractivity contribution in [2.24, 2.45) is 0 Å². The van der Waals surface area contributed by atoms with Crippen LogP contribution in [0, 0.1) is 0 Å². The van der Waals surface area contributed by atoms with E-state index in [0.29, 0.717) is 0 Å². The van der Waals surface area contributed by atoms with Gasteiger partial charge in [0.25, 0.3) is 0 Å². The summed E-state index contributed by atoms with van der Waals surface area (Å²) in [5.74, 6) is 0. The molecule has 0 aromatic rings. The molecule has 0 bridgehead atoms. The third kappa shape index (κ3) is 18.2. The molecule has 0 N–H and O–H groups in total. The van der Waals surface area contributed by atoms with Crippen LogP contribution < -0.4 is 0 Å². The SMILES string of the molecule is BOB.[Cu]. The van der Waals surface area contributed by atoms with E-state index in [4.69, 9.17) is 0 Å². The quantitative estimate of drug-likeness (QED) is 0.327. The van der Waals surface area contributed by atoms with Crippen molar-refractivity contribution in [1.29, 1.82) is 0 Å². The van der Waals surface area contributed by atoms with Crippen LogP contribution in [0.15, 0.2) is 0 Å². The Labute approximate surface area is 38.5 Å². The van der Waals surface area contributed by atoms with E-state index in [1.54, 1.807) is 16.1 Å². The fraction of sp³-hybridized carbons (Fsp3) is 0. The minimum Gasteiger partial charge on any atom is -0.509 e. The summed E-state index contributed by atoms with van der Waals surface area (Å²) in [5.41, 5.74) is 0. The Morgan fingerprint density at radius 2 is 1.25 bits per heavy atom. The standard InChI is InChI=1S/B2H4O.Cu/c1-3-2;/h1-2H2;. The van der Waals surface area contributed by atoms with E-state index in [9.17, 15) is 0 Å². The molecule has 27 valence electrons. The van der Waals surface area contributed by atoms with Crippen LogP contribution in [0.5, 0.6) is 0 Å². The molecule has 0 aromatic heterocycles. The Morgan fingerprint density at radius 3 is 1.25 bits per heavy atom. The number of hydrogen-bond acceptors (Lipinski definition) is 1. The van der Waals surface area contributed by atoms with Crippen molar-refractivity contribution < 1.29 is 21.6 Å². The maximum Gasteiger partial charge on any atom is 0.237 e. The van der Waals surface area contributed by atoms with Crippen LogP contribution in [0.3, 0.4) is 0 Å².